The van der Waals surface area contributed by atoms with Gasteiger partial charge in [-0.3, -0.25) is 0 Å². The van der Waals surface area contributed by atoms with Crippen LogP contribution in [0.25, 0.3) is 0 Å². The molecule has 0 bridgehead atoms. The van der Waals surface area contributed by atoms with E-state index in [4.69, 9.17) is 19.9 Å². The number of hydrogen-bond acceptors (Lipinski definition) is 5. The lowest BCUT2D eigenvalue weighted by atomic mass is 9.96. The summed E-state index contributed by atoms with van der Waals surface area (Å²) in [6, 6.07) is -0.542. The molecule has 3 N–H and O–H groups in total. The largest absolute Gasteiger partial charge is 0.367 e. The first-order valence-electron chi connectivity index (χ1n) is 5.39. The van der Waals surface area contributed by atoms with Crippen molar-refractivity contribution in [3.05, 3.63) is 0 Å². The van der Waals surface area contributed by atoms with E-state index in [1.807, 2.05) is 20.8 Å². The van der Waals surface area contributed by atoms with Crippen LogP contribution in [0.3, 0.4) is 0 Å². The highest BCUT2D eigenvalue weighted by atomic mass is 16.8. The van der Waals surface area contributed by atoms with Gasteiger partial charge < -0.3 is 25.1 Å². The molecule has 0 amide bonds. The highest BCUT2D eigenvalue weighted by Gasteiger charge is 2.53. The fraction of sp³-hybridized carbons (Fsp3) is 1.00. The van der Waals surface area contributed by atoms with E-state index in [-0.39, 0.29) is 18.3 Å². The summed E-state index contributed by atoms with van der Waals surface area (Å²) in [5.41, 5.74) is 5.82. The molecule has 0 aliphatic carbocycles. The zero-order valence-electron chi connectivity index (χ0n) is 9.34. The van der Waals surface area contributed by atoms with Crippen LogP contribution >= 0.6 is 0 Å². The van der Waals surface area contributed by atoms with Crippen LogP contribution in [0.15, 0.2) is 0 Å². The summed E-state index contributed by atoms with van der Waals surface area (Å²) in [6.45, 7) is 5.67. The van der Waals surface area contributed by atoms with Gasteiger partial charge in [-0.05, 0) is 20.3 Å². The van der Waals surface area contributed by atoms with Gasteiger partial charge in [-0.2, -0.15) is 0 Å². The van der Waals surface area contributed by atoms with E-state index in [0.29, 0.717) is 0 Å². The van der Waals surface area contributed by atoms with Gasteiger partial charge >= 0.3 is 0 Å². The molecular weight excluding hydrogens is 198 g/mol. The Labute approximate surface area is 89.5 Å². The SMILES string of the molecule is CC[C@H]1OC(O)[C@H](N)[C@H]2OC(C)(C)O[C@H]21. The van der Waals surface area contributed by atoms with Crippen molar-refractivity contribution in [3.63, 3.8) is 0 Å². The third kappa shape index (κ3) is 1.90. The molecule has 0 aromatic heterocycles. The standard InChI is InChI=1S/C10H19NO4/c1-4-5-7-8(6(11)9(12)13-5)15-10(2,3)14-7/h5-9,12H,4,11H2,1-3H3/t5-,6-,7+,8-,9?/m1/s1. The first-order chi connectivity index (χ1) is 6.94. The normalized spacial score (nSPS) is 49.0. The smallest absolute Gasteiger partial charge is 0.172 e. The Hall–Kier alpha value is -0.200. The minimum Gasteiger partial charge on any atom is -0.367 e. The van der Waals surface area contributed by atoms with Crippen molar-refractivity contribution in [3.8, 4) is 0 Å². The lowest BCUT2D eigenvalue weighted by Gasteiger charge is -2.38. The topological polar surface area (TPSA) is 73.9 Å². The molecule has 2 heterocycles. The molecule has 0 spiro atoms. The van der Waals surface area contributed by atoms with Crippen molar-refractivity contribution in [2.75, 3.05) is 0 Å². The fourth-order valence-corrected chi connectivity index (χ4v) is 2.24. The van der Waals surface area contributed by atoms with Gasteiger partial charge in [-0.25, -0.2) is 0 Å². The van der Waals surface area contributed by atoms with Crippen molar-refractivity contribution >= 4 is 0 Å². The van der Waals surface area contributed by atoms with Crippen LogP contribution in [-0.2, 0) is 14.2 Å². The highest BCUT2D eigenvalue weighted by Crippen LogP contribution is 2.37. The average molecular weight is 217 g/mol. The Balaban J connectivity index is 2.18. The average Bonchev–Trinajstić information content (AvgIpc) is 2.48. The van der Waals surface area contributed by atoms with Crippen molar-refractivity contribution < 1.29 is 19.3 Å². The van der Waals surface area contributed by atoms with Crippen LogP contribution in [0.1, 0.15) is 27.2 Å². The van der Waals surface area contributed by atoms with E-state index < -0.39 is 18.1 Å². The van der Waals surface area contributed by atoms with Gasteiger partial charge in [0.25, 0.3) is 0 Å². The molecule has 2 saturated heterocycles. The summed E-state index contributed by atoms with van der Waals surface area (Å²) >= 11 is 0. The van der Waals surface area contributed by atoms with E-state index in [9.17, 15) is 5.11 Å². The summed E-state index contributed by atoms with van der Waals surface area (Å²) in [7, 11) is 0. The molecule has 0 radical (unpaired) electrons. The first kappa shape index (κ1) is 11.3. The molecule has 0 aromatic carbocycles. The molecule has 0 aromatic rings. The van der Waals surface area contributed by atoms with E-state index in [1.54, 1.807) is 0 Å². The van der Waals surface area contributed by atoms with Gasteiger partial charge in [0, 0.05) is 0 Å². The quantitative estimate of drug-likeness (QED) is 0.644. The Morgan fingerprint density at radius 1 is 1.27 bits per heavy atom. The van der Waals surface area contributed by atoms with Crippen LogP contribution in [0.5, 0.6) is 0 Å². The van der Waals surface area contributed by atoms with Gasteiger partial charge in [0.05, 0.1) is 12.1 Å². The van der Waals surface area contributed by atoms with Gasteiger partial charge in [-0.15, -0.1) is 0 Å². The number of hydrogen-bond donors (Lipinski definition) is 2. The summed E-state index contributed by atoms with van der Waals surface area (Å²) in [4.78, 5) is 0. The summed E-state index contributed by atoms with van der Waals surface area (Å²) in [5.74, 6) is -0.645. The predicted octanol–water partition coefficient (Wildman–Crippen LogP) is -0.0390. The maximum absolute atomic E-state index is 9.61. The van der Waals surface area contributed by atoms with E-state index in [0.717, 1.165) is 6.42 Å². The number of aliphatic hydroxyl groups is 1. The lowest BCUT2D eigenvalue weighted by Crippen LogP contribution is -2.59. The van der Waals surface area contributed by atoms with Crippen LogP contribution in [0, 0.1) is 0 Å². The van der Waals surface area contributed by atoms with Crippen molar-refractivity contribution in [2.24, 2.45) is 5.73 Å². The fourth-order valence-electron chi connectivity index (χ4n) is 2.24. The van der Waals surface area contributed by atoms with Crippen LogP contribution in [0.4, 0.5) is 0 Å². The van der Waals surface area contributed by atoms with Gasteiger partial charge in [0.1, 0.15) is 12.2 Å². The molecule has 2 fully saturated rings. The van der Waals surface area contributed by atoms with Crippen LogP contribution in [-0.4, -0.2) is 41.5 Å². The number of nitrogens with two attached hydrogens (primary N) is 1. The van der Waals surface area contributed by atoms with Gasteiger partial charge in [0.2, 0.25) is 0 Å². The lowest BCUT2D eigenvalue weighted by molar-refractivity contribution is -0.218. The van der Waals surface area contributed by atoms with Crippen LogP contribution in [0.2, 0.25) is 0 Å². The summed E-state index contributed by atoms with van der Waals surface area (Å²) in [5, 5.41) is 9.61. The second-order valence-electron chi connectivity index (χ2n) is 4.62. The van der Waals surface area contributed by atoms with E-state index in [2.05, 4.69) is 0 Å². The minimum atomic E-state index is -0.964. The molecule has 88 valence electrons. The molecule has 0 saturated carbocycles. The molecule has 5 nitrogen and oxygen atoms in total. The zero-order chi connectivity index (χ0) is 11.2. The number of aliphatic hydroxyl groups excluding tert-OH is 1. The molecule has 5 atom stereocenters. The Kier molecular flexibility index (Phi) is 2.77. The minimum absolute atomic E-state index is 0.147. The second kappa shape index (κ2) is 3.68. The molecular formula is C10H19NO4. The molecule has 15 heavy (non-hydrogen) atoms. The number of fused-ring (bicyclic) bond motifs is 1. The maximum atomic E-state index is 9.61. The molecule has 2 aliphatic rings. The monoisotopic (exact) mass is 217 g/mol. The van der Waals surface area contributed by atoms with Crippen molar-refractivity contribution in [2.45, 2.75) is 63.6 Å². The Bertz CT molecular complexity index is 238. The first-order valence-corrected chi connectivity index (χ1v) is 5.39. The molecule has 5 heteroatoms. The predicted molar refractivity (Wildman–Crippen MR) is 53.0 cm³/mol. The summed E-state index contributed by atoms with van der Waals surface area (Å²) in [6.07, 6.45) is -0.804. The molecule has 1 unspecified atom stereocenters. The number of ether oxygens (including phenoxy) is 3. The van der Waals surface area contributed by atoms with Gasteiger partial charge in [0.15, 0.2) is 12.1 Å². The molecule has 2 rings (SSSR count). The van der Waals surface area contributed by atoms with Crippen LogP contribution < -0.4 is 5.73 Å². The third-order valence-electron chi connectivity index (χ3n) is 2.96. The summed E-state index contributed by atoms with van der Waals surface area (Å²) < 4.78 is 16.8. The van der Waals surface area contributed by atoms with E-state index in [1.165, 1.54) is 0 Å². The second-order valence-corrected chi connectivity index (χ2v) is 4.62. The molecule has 2 aliphatic heterocycles. The maximum Gasteiger partial charge on any atom is 0.172 e. The number of rotatable bonds is 1. The third-order valence-corrected chi connectivity index (χ3v) is 2.96. The Morgan fingerprint density at radius 3 is 2.47 bits per heavy atom. The van der Waals surface area contributed by atoms with Gasteiger partial charge in [-0.1, -0.05) is 6.92 Å². The van der Waals surface area contributed by atoms with Crippen molar-refractivity contribution in [1.82, 2.24) is 0 Å². The van der Waals surface area contributed by atoms with Crippen molar-refractivity contribution in [1.29, 1.82) is 0 Å². The highest BCUT2D eigenvalue weighted by molar-refractivity contribution is 4.97. The zero-order valence-corrected chi connectivity index (χ0v) is 9.34. The van der Waals surface area contributed by atoms with E-state index >= 15 is 0 Å². The Morgan fingerprint density at radius 2 is 1.87 bits per heavy atom.